The molecule has 1 atom stereocenters. The monoisotopic (exact) mass is 276 g/mol. The Hall–Kier alpha value is -1.82. The SMILES string of the molecule is Cc1ccc(C)c(-n2cnnc2S[C@H](C)C(N)=O)c1. The van der Waals surface area contributed by atoms with Crippen LogP contribution in [-0.2, 0) is 4.79 Å². The number of thioether (sulfide) groups is 1. The van der Waals surface area contributed by atoms with Crippen LogP contribution in [0.5, 0.6) is 0 Å². The Bertz CT molecular complexity index is 608. The number of nitrogens with two attached hydrogens (primary N) is 1. The third kappa shape index (κ3) is 2.96. The summed E-state index contributed by atoms with van der Waals surface area (Å²) in [7, 11) is 0. The standard InChI is InChI=1S/C13H16N4OS/c1-8-4-5-9(2)11(6-8)17-7-15-16-13(17)19-10(3)12(14)18/h4-7,10H,1-3H3,(H2,14,18)/t10-/m1/s1. The first-order valence-electron chi connectivity index (χ1n) is 5.92. The number of carbonyl (C=O) groups is 1. The molecule has 1 aromatic heterocycles. The quantitative estimate of drug-likeness (QED) is 0.865. The van der Waals surface area contributed by atoms with Gasteiger partial charge in [0.15, 0.2) is 5.16 Å². The fourth-order valence-corrected chi connectivity index (χ4v) is 2.45. The molecule has 100 valence electrons. The van der Waals surface area contributed by atoms with Crippen LogP contribution in [0.3, 0.4) is 0 Å². The minimum absolute atomic E-state index is 0.340. The molecule has 0 saturated carbocycles. The van der Waals surface area contributed by atoms with E-state index in [2.05, 4.69) is 28.4 Å². The van der Waals surface area contributed by atoms with Gasteiger partial charge in [0.05, 0.1) is 10.9 Å². The lowest BCUT2D eigenvalue weighted by Crippen LogP contribution is -2.23. The van der Waals surface area contributed by atoms with Crippen LogP contribution in [0.2, 0.25) is 0 Å². The molecule has 0 aliphatic heterocycles. The number of nitrogens with zero attached hydrogens (tertiary/aromatic N) is 3. The zero-order valence-corrected chi connectivity index (χ0v) is 11.9. The smallest absolute Gasteiger partial charge is 0.230 e. The largest absolute Gasteiger partial charge is 0.369 e. The van der Waals surface area contributed by atoms with Gasteiger partial charge in [0.1, 0.15) is 6.33 Å². The Morgan fingerprint density at radius 3 is 2.84 bits per heavy atom. The molecule has 0 spiro atoms. The van der Waals surface area contributed by atoms with Crippen molar-refractivity contribution in [3.8, 4) is 5.69 Å². The Labute approximate surface area is 116 Å². The van der Waals surface area contributed by atoms with Gasteiger partial charge >= 0.3 is 0 Å². The molecule has 2 N–H and O–H groups in total. The normalized spacial score (nSPS) is 12.4. The molecule has 2 rings (SSSR count). The summed E-state index contributed by atoms with van der Waals surface area (Å²) in [5.41, 5.74) is 8.58. The van der Waals surface area contributed by atoms with E-state index in [0.717, 1.165) is 16.8 Å². The van der Waals surface area contributed by atoms with Crippen LogP contribution in [-0.4, -0.2) is 25.9 Å². The Morgan fingerprint density at radius 1 is 1.42 bits per heavy atom. The maximum Gasteiger partial charge on any atom is 0.230 e. The zero-order valence-electron chi connectivity index (χ0n) is 11.1. The summed E-state index contributed by atoms with van der Waals surface area (Å²) in [6, 6.07) is 6.18. The average molecular weight is 276 g/mol. The van der Waals surface area contributed by atoms with Gasteiger partial charge in [-0.1, -0.05) is 23.9 Å². The maximum absolute atomic E-state index is 11.1. The van der Waals surface area contributed by atoms with E-state index in [1.165, 1.54) is 11.8 Å². The third-order valence-electron chi connectivity index (χ3n) is 2.82. The molecular formula is C13H16N4OS. The van der Waals surface area contributed by atoms with E-state index in [4.69, 9.17) is 5.73 Å². The van der Waals surface area contributed by atoms with Crippen molar-refractivity contribution in [2.45, 2.75) is 31.2 Å². The van der Waals surface area contributed by atoms with E-state index >= 15 is 0 Å². The van der Waals surface area contributed by atoms with Crippen molar-refractivity contribution < 1.29 is 4.79 Å². The van der Waals surface area contributed by atoms with E-state index in [0.29, 0.717) is 5.16 Å². The first-order chi connectivity index (χ1) is 8.99. The summed E-state index contributed by atoms with van der Waals surface area (Å²) in [6.07, 6.45) is 1.65. The van der Waals surface area contributed by atoms with Crippen molar-refractivity contribution >= 4 is 17.7 Å². The van der Waals surface area contributed by atoms with Gasteiger partial charge in [-0.15, -0.1) is 10.2 Å². The van der Waals surface area contributed by atoms with E-state index in [-0.39, 0.29) is 11.2 Å². The molecule has 0 aliphatic carbocycles. The Morgan fingerprint density at radius 2 is 2.16 bits per heavy atom. The highest BCUT2D eigenvalue weighted by Gasteiger charge is 2.16. The van der Waals surface area contributed by atoms with Gasteiger partial charge in [-0.05, 0) is 38.0 Å². The third-order valence-corrected chi connectivity index (χ3v) is 3.90. The molecule has 1 heterocycles. The van der Waals surface area contributed by atoms with Crippen molar-refractivity contribution in [1.29, 1.82) is 0 Å². The topological polar surface area (TPSA) is 73.8 Å². The van der Waals surface area contributed by atoms with E-state index < -0.39 is 0 Å². The van der Waals surface area contributed by atoms with Crippen molar-refractivity contribution in [2.24, 2.45) is 5.73 Å². The fourth-order valence-electron chi connectivity index (χ4n) is 1.67. The van der Waals surface area contributed by atoms with Crippen LogP contribution in [0.25, 0.3) is 5.69 Å². The summed E-state index contributed by atoms with van der Waals surface area (Å²) in [5, 5.41) is 8.30. The molecule has 5 nitrogen and oxygen atoms in total. The number of primary amides is 1. The van der Waals surface area contributed by atoms with Crippen LogP contribution in [0, 0.1) is 13.8 Å². The molecule has 1 aromatic carbocycles. The minimum Gasteiger partial charge on any atom is -0.369 e. The van der Waals surface area contributed by atoms with Gasteiger partial charge < -0.3 is 5.73 Å². The van der Waals surface area contributed by atoms with Crippen molar-refractivity contribution in [2.75, 3.05) is 0 Å². The maximum atomic E-state index is 11.1. The fraction of sp³-hybridized carbons (Fsp3) is 0.308. The van der Waals surface area contributed by atoms with Crippen LogP contribution in [0.15, 0.2) is 29.7 Å². The summed E-state index contributed by atoms with van der Waals surface area (Å²) in [6.45, 7) is 5.82. The molecule has 0 unspecified atom stereocenters. The number of benzene rings is 1. The van der Waals surface area contributed by atoms with Crippen LogP contribution in [0.1, 0.15) is 18.1 Å². The van der Waals surface area contributed by atoms with Crippen LogP contribution in [0.4, 0.5) is 0 Å². The molecule has 0 fully saturated rings. The lowest BCUT2D eigenvalue weighted by molar-refractivity contribution is -0.117. The molecule has 2 aromatic rings. The molecule has 0 saturated heterocycles. The number of rotatable bonds is 4. The first kappa shape index (κ1) is 13.6. The summed E-state index contributed by atoms with van der Waals surface area (Å²) in [4.78, 5) is 11.1. The average Bonchev–Trinajstić information content (AvgIpc) is 2.80. The molecular weight excluding hydrogens is 260 g/mol. The molecule has 19 heavy (non-hydrogen) atoms. The van der Waals surface area contributed by atoms with Gasteiger partial charge in [0.25, 0.3) is 0 Å². The number of carbonyl (C=O) groups excluding carboxylic acids is 1. The number of hydrogen-bond donors (Lipinski definition) is 1. The molecule has 0 bridgehead atoms. The van der Waals surface area contributed by atoms with Gasteiger partial charge in [0, 0.05) is 0 Å². The van der Waals surface area contributed by atoms with Crippen molar-refractivity contribution in [3.63, 3.8) is 0 Å². The second-order valence-corrected chi connectivity index (χ2v) is 5.74. The molecule has 1 amide bonds. The molecule has 0 radical (unpaired) electrons. The highest BCUT2D eigenvalue weighted by atomic mass is 32.2. The van der Waals surface area contributed by atoms with E-state index in [1.807, 2.05) is 18.4 Å². The molecule has 0 aliphatic rings. The van der Waals surface area contributed by atoms with Gasteiger partial charge in [-0.25, -0.2) is 0 Å². The first-order valence-corrected chi connectivity index (χ1v) is 6.80. The van der Waals surface area contributed by atoms with Gasteiger partial charge in [0.2, 0.25) is 5.91 Å². The van der Waals surface area contributed by atoms with Crippen LogP contribution < -0.4 is 5.73 Å². The zero-order chi connectivity index (χ0) is 14.0. The van der Waals surface area contributed by atoms with E-state index in [9.17, 15) is 4.79 Å². The second-order valence-electron chi connectivity index (χ2n) is 4.44. The molecule has 6 heteroatoms. The minimum atomic E-state index is -0.361. The lowest BCUT2D eigenvalue weighted by atomic mass is 10.1. The van der Waals surface area contributed by atoms with Gasteiger partial charge in [-0.3, -0.25) is 9.36 Å². The lowest BCUT2D eigenvalue weighted by Gasteiger charge is -2.11. The highest BCUT2D eigenvalue weighted by Crippen LogP contribution is 2.25. The number of amides is 1. The predicted molar refractivity (Wildman–Crippen MR) is 75.3 cm³/mol. The summed E-state index contributed by atoms with van der Waals surface area (Å²) >= 11 is 1.31. The van der Waals surface area contributed by atoms with Crippen LogP contribution >= 0.6 is 11.8 Å². The van der Waals surface area contributed by atoms with Crippen molar-refractivity contribution in [1.82, 2.24) is 14.8 Å². The number of hydrogen-bond acceptors (Lipinski definition) is 4. The predicted octanol–water partition coefficient (Wildman–Crippen LogP) is 1.85. The summed E-state index contributed by atoms with van der Waals surface area (Å²) < 4.78 is 1.88. The van der Waals surface area contributed by atoms with Gasteiger partial charge in [-0.2, -0.15) is 0 Å². The number of aromatic nitrogens is 3. The highest BCUT2D eigenvalue weighted by molar-refractivity contribution is 8.00. The van der Waals surface area contributed by atoms with Crippen molar-refractivity contribution in [3.05, 3.63) is 35.7 Å². The second kappa shape index (κ2) is 5.44. The summed E-state index contributed by atoms with van der Waals surface area (Å²) in [5.74, 6) is -0.361. The Kier molecular flexibility index (Phi) is 3.90. The van der Waals surface area contributed by atoms with E-state index in [1.54, 1.807) is 13.3 Å². The Balaban J connectivity index is 2.39. The number of aryl methyl sites for hydroxylation is 2.